The summed E-state index contributed by atoms with van der Waals surface area (Å²) in [6.07, 6.45) is 0.971. The Morgan fingerprint density at radius 3 is 2.04 bits per heavy atom. The molecule has 0 aliphatic heterocycles. The zero-order valence-electron chi connectivity index (χ0n) is 25.9. The lowest BCUT2D eigenvalue weighted by Crippen LogP contribution is -2.53. The van der Waals surface area contributed by atoms with Crippen molar-refractivity contribution in [3.8, 4) is 0 Å². The number of carbonyl (C=O) groups is 2. The molecular weight excluding hydrogens is 606 g/mol. The van der Waals surface area contributed by atoms with Crippen LogP contribution in [0.2, 0.25) is 5.02 Å². The Hall–Kier alpha value is -4.14. The number of amides is 2. The maximum atomic E-state index is 14.5. The Bertz CT molecular complexity index is 1660. The van der Waals surface area contributed by atoms with Crippen molar-refractivity contribution in [1.82, 2.24) is 10.2 Å². The second-order valence-electron chi connectivity index (χ2n) is 11.2. The molecule has 0 aliphatic rings. The van der Waals surface area contributed by atoms with E-state index in [0.29, 0.717) is 17.3 Å². The third kappa shape index (κ3) is 8.96. The van der Waals surface area contributed by atoms with Crippen LogP contribution in [0.25, 0.3) is 0 Å². The number of anilines is 1. The highest BCUT2D eigenvalue weighted by atomic mass is 35.5. The fourth-order valence-corrected chi connectivity index (χ4v) is 6.67. The highest BCUT2D eigenvalue weighted by Gasteiger charge is 2.34. The van der Waals surface area contributed by atoms with Gasteiger partial charge in [0, 0.05) is 24.5 Å². The molecule has 0 spiro atoms. The van der Waals surface area contributed by atoms with E-state index in [2.05, 4.69) is 19.2 Å². The van der Waals surface area contributed by atoms with Crippen LogP contribution in [0.15, 0.2) is 114 Å². The number of benzene rings is 4. The van der Waals surface area contributed by atoms with Crippen LogP contribution in [0.4, 0.5) is 5.69 Å². The summed E-state index contributed by atoms with van der Waals surface area (Å²) in [6.45, 7) is 6.06. The standard InChI is InChI=1S/C36H40ClN3O4S/c1-4-22-38-36(42)34(24-28-12-7-5-8-13-28)39(25-29-14-11-15-31(37)23-29)35(41)26-40(32-20-18-30(19-21-32)27(2)3)45(43,44)33-16-9-6-10-17-33/h5-21,23,27,34H,4,22,24-26H2,1-3H3,(H,38,42). The van der Waals surface area contributed by atoms with Gasteiger partial charge in [0.25, 0.3) is 10.0 Å². The van der Waals surface area contributed by atoms with E-state index in [1.165, 1.54) is 17.0 Å². The molecule has 236 valence electrons. The zero-order valence-corrected chi connectivity index (χ0v) is 27.5. The molecule has 4 aromatic carbocycles. The van der Waals surface area contributed by atoms with Crippen LogP contribution in [0.3, 0.4) is 0 Å². The van der Waals surface area contributed by atoms with E-state index < -0.39 is 28.5 Å². The minimum absolute atomic E-state index is 0.0575. The number of rotatable bonds is 14. The lowest BCUT2D eigenvalue weighted by Gasteiger charge is -2.34. The Labute approximate surface area is 271 Å². The van der Waals surface area contributed by atoms with Gasteiger partial charge in [-0.1, -0.05) is 105 Å². The quantitative estimate of drug-likeness (QED) is 0.163. The summed E-state index contributed by atoms with van der Waals surface area (Å²) in [5.74, 6) is -0.585. The first kappa shape index (κ1) is 33.7. The Kier molecular flexibility index (Phi) is 11.8. The third-order valence-electron chi connectivity index (χ3n) is 7.52. The highest BCUT2D eigenvalue weighted by Crippen LogP contribution is 2.27. The SMILES string of the molecule is CCCNC(=O)C(Cc1ccccc1)N(Cc1cccc(Cl)c1)C(=O)CN(c1ccc(C(C)C)cc1)S(=O)(=O)c1ccccc1. The first-order valence-corrected chi connectivity index (χ1v) is 16.9. The second-order valence-corrected chi connectivity index (χ2v) is 13.5. The summed E-state index contributed by atoms with van der Waals surface area (Å²) in [7, 11) is -4.15. The molecule has 0 aromatic heterocycles. The van der Waals surface area contributed by atoms with Crippen LogP contribution in [-0.2, 0) is 32.6 Å². The Morgan fingerprint density at radius 2 is 1.44 bits per heavy atom. The molecule has 2 amide bonds. The molecule has 0 saturated carbocycles. The average Bonchev–Trinajstić information content (AvgIpc) is 3.05. The number of halogens is 1. The van der Waals surface area contributed by atoms with Crippen molar-refractivity contribution in [2.45, 2.75) is 57.0 Å². The van der Waals surface area contributed by atoms with Gasteiger partial charge in [0.2, 0.25) is 11.8 Å². The van der Waals surface area contributed by atoms with E-state index >= 15 is 0 Å². The lowest BCUT2D eigenvalue weighted by molar-refractivity contribution is -0.140. The first-order chi connectivity index (χ1) is 21.6. The van der Waals surface area contributed by atoms with Crippen LogP contribution in [0, 0.1) is 0 Å². The highest BCUT2D eigenvalue weighted by molar-refractivity contribution is 7.92. The first-order valence-electron chi connectivity index (χ1n) is 15.1. The molecule has 1 unspecified atom stereocenters. The van der Waals surface area contributed by atoms with E-state index in [0.717, 1.165) is 27.4 Å². The van der Waals surface area contributed by atoms with Crippen molar-refractivity contribution >= 4 is 39.1 Å². The predicted octanol–water partition coefficient (Wildman–Crippen LogP) is 6.83. The van der Waals surface area contributed by atoms with E-state index in [-0.39, 0.29) is 29.7 Å². The maximum absolute atomic E-state index is 14.5. The molecule has 1 atom stereocenters. The van der Waals surface area contributed by atoms with E-state index in [1.54, 1.807) is 48.5 Å². The maximum Gasteiger partial charge on any atom is 0.264 e. The lowest BCUT2D eigenvalue weighted by atomic mass is 10.0. The number of nitrogens with one attached hydrogen (secondary N) is 1. The molecule has 0 saturated heterocycles. The largest absolute Gasteiger partial charge is 0.354 e. The number of hydrogen-bond acceptors (Lipinski definition) is 4. The fraction of sp³-hybridized carbons (Fsp3) is 0.278. The molecule has 1 N–H and O–H groups in total. The molecule has 4 rings (SSSR count). The fourth-order valence-electron chi connectivity index (χ4n) is 5.03. The molecule has 0 radical (unpaired) electrons. The van der Waals surface area contributed by atoms with E-state index in [1.807, 2.05) is 55.5 Å². The summed E-state index contributed by atoms with van der Waals surface area (Å²) < 4.78 is 29.3. The van der Waals surface area contributed by atoms with Gasteiger partial charge in [-0.05, 0) is 65.4 Å². The molecule has 0 bridgehead atoms. The minimum Gasteiger partial charge on any atom is -0.354 e. The molecule has 4 aromatic rings. The van der Waals surface area contributed by atoms with Gasteiger partial charge in [-0.2, -0.15) is 0 Å². The molecule has 9 heteroatoms. The summed E-state index contributed by atoms with van der Waals surface area (Å²) in [5.41, 5.74) is 2.99. The number of carbonyl (C=O) groups excluding carboxylic acids is 2. The van der Waals surface area contributed by atoms with Gasteiger partial charge in [-0.3, -0.25) is 13.9 Å². The van der Waals surface area contributed by atoms with Crippen molar-refractivity contribution in [3.63, 3.8) is 0 Å². The minimum atomic E-state index is -4.15. The summed E-state index contributed by atoms with van der Waals surface area (Å²) in [5, 5.41) is 3.45. The van der Waals surface area contributed by atoms with Gasteiger partial charge in [0.1, 0.15) is 12.6 Å². The molecule has 0 heterocycles. The van der Waals surface area contributed by atoms with Crippen molar-refractivity contribution in [2.75, 3.05) is 17.4 Å². The second kappa shape index (κ2) is 15.7. The molecule has 45 heavy (non-hydrogen) atoms. The van der Waals surface area contributed by atoms with Crippen LogP contribution in [0.1, 0.15) is 49.8 Å². The van der Waals surface area contributed by atoms with Crippen molar-refractivity contribution in [2.24, 2.45) is 0 Å². The smallest absolute Gasteiger partial charge is 0.264 e. The zero-order chi connectivity index (χ0) is 32.4. The van der Waals surface area contributed by atoms with Crippen LogP contribution < -0.4 is 9.62 Å². The topological polar surface area (TPSA) is 86.8 Å². The van der Waals surface area contributed by atoms with Gasteiger partial charge >= 0.3 is 0 Å². The van der Waals surface area contributed by atoms with E-state index in [9.17, 15) is 18.0 Å². The molecule has 7 nitrogen and oxygen atoms in total. The predicted molar refractivity (Wildman–Crippen MR) is 181 cm³/mol. The van der Waals surface area contributed by atoms with Gasteiger partial charge in [0.05, 0.1) is 10.6 Å². The molecule has 0 aliphatic carbocycles. The van der Waals surface area contributed by atoms with Crippen LogP contribution in [0.5, 0.6) is 0 Å². The molecular formula is C36H40ClN3O4S. The van der Waals surface area contributed by atoms with Crippen LogP contribution >= 0.6 is 11.6 Å². The van der Waals surface area contributed by atoms with Crippen LogP contribution in [-0.4, -0.2) is 44.3 Å². The normalized spacial score (nSPS) is 12.0. The monoisotopic (exact) mass is 645 g/mol. The molecule has 0 fully saturated rings. The summed E-state index contributed by atoms with van der Waals surface area (Å²) in [6, 6.07) is 30.9. The van der Waals surface area contributed by atoms with Gasteiger partial charge in [-0.15, -0.1) is 0 Å². The summed E-state index contributed by atoms with van der Waals surface area (Å²) >= 11 is 6.30. The van der Waals surface area contributed by atoms with Crippen molar-refractivity contribution in [3.05, 3.63) is 131 Å². The Morgan fingerprint density at radius 1 is 0.822 bits per heavy atom. The Balaban J connectivity index is 1.79. The van der Waals surface area contributed by atoms with Crippen molar-refractivity contribution < 1.29 is 18.0 Å². The number of nitrogens with zero attached hydrogens (tertiary/aromatic N) is 2. The number of hydrogen-bond donors (Lipinski definition) is 1. The third-order valence-corrected chi connectivity index (χ3v) is 9.54. The number of sulfonamides is 1. The van der Waals surface area contributed by atoms with E-state index in [4.69, 9.17) is 11.6 Å². The van der Waals surface area contributed by atoms with Gasteiger partial charge in [-0.25, -0.2) is 8.42 Å². The van der Waals surface area contributed by atoms with Gasteiger partial charge < -0.3 is 10.2 Å². The summed E-state index contributed by atoms with van der Waals surface area (Å²) in [4.78, 5) is 29.7. The average molecular weight is 646 g/mol. The van der Waals surface area contributed by atoms with Crippen molar-refractivity contribution in [1.29, 1.82) is 0 Å². The van der Waals surface area contributed by atoms with Gasteiger partial charge in [0.15, 0.2) is 0 Å².